The quantitative estimate of drug-likeness (QED) is 0.648. The van der Waals surface area contributed by atoms with Gasteiger partial charge in [0, 0.05) is 31.7 Å². The van der Waals surface area contributed by atoms with Crippen LogP contribution in [0.1, 0.15) is 41.0 Å². The SMILES string of the molecule is CCNC(CC)C(C)N(CCN(C)C)CC(C)C. The lowest BCUT2D eigenvalue weighted by molar-refractivity contribution is 0.138. The molecule has 0 radical (unpaired) electrons. The Labute approximate surface area is 115 Å². The zero-order valence-corrected chi connectivity index (χ0v) is 13.7. The van der Waals surface area contributed by atoms with E-state index >= 15 is 0 Å². The Balaban J connectivity index is 4.49. The summed E-state index contributed by atoms with van der Waals surface area (Å²) in [5.74, 6) is 0.730. The summed E-state index contributed by atoms with van der Waals surface area (Å²) in [6, 6.07) is 1.22. The van der Waals surface area contributed by atoms with Gasteiger partial charge in [0.25, 0.3) is 0 Å². The van der Waals surface area contributed by atoms with Gasteiger partial charge in [-0.15, -0.1) is 0 Å². The van der Waals surface area contributed by atoms with Crippen molar-refractivity contribution >= 4 is 0 Å². The van der Waals surface area contributed by atoms with E-state index in [1.165, 1.54) is 13.0 Å². The largest absolute Gasteiger partial charge is 0.313 e. The van der Waals surface area contributed by atoms with Gasteiger partial charge in [0.05, 0.1) is 0 Å². The predicted molar refractivity (Wildman–Crippen MR) is 82.2 cm³/mol. The van der Waals surface area contributed by atoms with Crippen LogP contribution in [0.25, 0.3) is 0 Å². The molecule has 0 spiro atoms. The van der Waals surface area contributed by atoms with Crippen LogP contribution in [0.15, 0.2) is 0 Å². The van der Waals surface area contributed by atoms with Gasteiger partial charge in [0.1, 0.15) is 0 Å². The molecule has 0 saturated carbocycles. The Morgan fingerprint density at radius 3 is 2.00 bits per heavy atom. The fourth-order valence-electron chi connectivity index (χ4n) is 2.43. The Bertz CT molecular complexity index is 192. The first kappa shape index (κ1) is 17.9. The van der Waals surface area contributed by atoms with Crippen molar-refractivity contribution in [2.75, 3.05) is 40.3 Å². The monoisotopic (exact) mass is 257 g/mol. The van der Waals surface area contributed by atoms with Crippen LogP contribution >= 0.6 is 0 Å². The Hall–Kier alpha value is -0.120. The summed E-state index contributed by atoms with van der Waals surface area (Å²) < 4.78 is 0. The summed E-state index contributed by atoms with van der Waals surface area (Å²) in [7, 11) is 4.31. The van der Waals surface area contributed by atoms with Gasteiger partial charge in [-0.3, -0.25) is 4.90 Å². The minimum atomic E-state index is 0.607. The molecule has 0 aliphatic carbocycles. The van der Waals surface area contributed by atoms with Gasteiger partial charge in [0.15, 0.2) is 0 Å². The molecule has 0 aromatic rings. The molecule has 110 valence electrons. The first-order chi connectivity index (χ1) is 8.42. The van der Waals surface area contributed by atoms with E-state index in [0.717, 1.165) is 25.6 Å². The third-order valence-corrected chi connectivity index (χ3v) is 3.50. The molecular weight excluding hydrogens is 222 g/mol. The van der Waals surface area contributed by atoms with Gasteiger partial charge in [-0.25, -0.2) is 0 Å². The Morgan fingerprint density at radius 2 is 1.61 bits per heavy atom. The zero-order valence-electron chi connectivity index (χ0n) is 13.7. The summed E-state index contributed by atoms with van der Waals surface area (Å²) in [5.41, 5.74) is 0. The van der Waals surface area contributed by atoms with Crippen LogP contribution in [0.5, 0.6) is 0 Å². The summed E-state index contributed by atoms with van der Waals surface area (Å²) in [6.45, 7) is 16.0. The van der Waals surface area contributed by atoms with E-state index in [2.05, 4.69) is 63.8 Å². The fourth-order valence-corrected chi connectivity index (χ4v) is 2.43. The smallest absolute Gasteiger partial charge is 0.0221 e. The number of rotatable bonds is 10. The second-order valence-electron chi connectivity index (χ2n) is 6.01. The second-order valence-corrected chi connectivity index (χ2v) is 6.01. The van der Waals surface area contributed by atoms with Gasteiger partial charge in [0.2, 0.25) is 0 Å². The Morgan fingerprint density at radius 1 is 1.00 bits per heavy atom. The highest BCUT2D eigenvalue weighted by Gasteiger charge is 2.22. The highest BCUT2D eigenvalue weighted by molar-refractivity contribution is 4.81. The molecule has 18 heavy (non-hydrogen) atoms. The average molecular weight is 257 g/mol. The summed E-state index contributed by atoms with van der Waals surface area (Å²) in [4.78, 5) is 4.91. The van der Waals surface area contributed by atoms with Gasteiger partial charge >= 0.3 is 0 Å². The van der Waals surface area contributed by atoms with Crippen molar-refractivity contribution in [1.82, 2.24) is 15.1 Å². The Kier molecular flexibility index (Phi) is 9.70. The van der Waals surface area contributed by atoms with Crippen LogP contribution in [-0.4, -0.2) is 62.2 Å². The molecule has 0 rings (SSSR count). The van der Waals surface area contributed by atoms with E-state index in [9.17, 15) is 0 Å². The molecule has 3 heteroatoms. The lowest BCUT2D eigenvalue weighted by Crippen LogP contribution is -2.50. The minimum Gasteiger partial charge on any atom is -0.313 e. The number of nitrogens with zero attached hydrogens (tertiary/aromatic N) is 2. The molecule has 2 unspecified atom stereocenters. The molecule has 0 amide bonds. The van der Waals surface area contributed by atoms with E-state index in [1.807, 2.05) is 0 Å². The summed E-state index contributed by atoms with van der Waals surface area (Å²) >= 11 is 0. The van der Waals surface area contributed by atoms with Crippen LogP contribution < -0.4 is 5.32 Å². The average Bonchev–Trinajstić information content (AvgIpc) is 2.30. The van der Waals surface area contributed by atoms with Crippen LogP contribution in [0.2, 0.25) is 0 Å². The first-order valence-corrected chi connectivity index (χ1v) is 7.54. The normalized spacial score (nSPS) is 15.7. The van der Waals surface area contributed by atoms with Crippen molar-refractivity contribution in [3.05, 3.63) is 0 Å². The second kappa shape index (κ2) is 9.76. The van der Waals surface area contributed by atoms with Crippen LogP contribution in [0.3, 0.4) is 0 Å². The molecule has 0 bridgehead atoms. The molecule has 2 atom stereocenters. The van der Waals surface area contributed by atoms with Gasteiger partial charge < -0.3 is 10.2 Å². The molecule has 0 aliphatic heterocycles. The topological polar surface area (TPSA) is 18.5 Å². The maximum atomic E-state index is 3.62. The number of hydrogen-bond donors (Lipinski definition) is 1. The lowest BCUT2D eigenvalue weighted by atomic mass is 10.0. The van der Waals surface area contributed by atoms with Gasteiger partial charge in [-0.1, -0.05) is 27.7 Å². The highest BCUT2D eigenvalue weighted by atomic mass is 15.2. The van der Waals surface area contributed by atoms with Crippen LogP contribution in [0.4, 0.5) is 0 Å². The standard InChI is InChI=1S/C15H35N3/c1-8-15(16-9-2)14(5)18(12-13(3)4)11-10-17(6)7/h13-16H,8-12H2,1-7H3. The highest BCUT2D eigenvalue weighted by Crippen LogP contribution is 2.10. The molecule has 0 saturated heterocycles. The summed E-state index contributed by atoms with van der Waals surface area (Å²) in [5, 5.41) is 3.62. The third-order valence-electron chi connectivity index (χ3n) is 3.50. The van der Waals surface area contributed by atoms with Crippen molar-refractivity contribution < 1.29 is 0 Å². The maximum Gasteiger partial charge on any atom is 0.0221 e. The van der Waals surface area contributed by atoms with Crippen LogP contribution in [-0.2, 0) is 0 Å². The first-order valence-electron chi connectivity index (χ1n) is 7.54. The molecule has 0 aromatic heterocycles. The molecular formula is C15H35N3. The lowest BCUT2D eigenvalue weighted by Gasteiger charge is -2.36. The predicted octanol–water partition coefficient (Wildman–Crippen LogP) is 2.28. The molecule has 1 N–H and O–H groups in total. The van der Waals surface area contributed by atoms with Gasteiger partial charge in [-0.05, 0) is 39.9 Å². The maximum absolute atomic E-state index is 3.62. The van der Waals surface area contributed by atoms with Crippen molar-refractivity contribution in [3.63, 3.8) is 0 Å². The molecule has 0 aromatic carbocycles. The van der Waals surface area contributed by atoms with Crippen molar-refractivity contribution in [3.8, 4) is 0 Å². The zero-order chi connectivity index (χ0) is 14.1. The van der Waals surface area contributed by atoms with E-state index in [-0.39, 0.29) is 0 Å². The minimum absolute atomic E-state index is 0.607. The summed E-state index contributed by atoms with van der Waals surface area (Å²) in [6.07, 6.45) is 1.20. The van der Waals surface area contributed by atoms with E-state index in [4.69, 9.17) is 0 Å². The molecule has 3 nitrogen and oxygen atoms in total. The number of hydrogen-bond acceptors (Lipinski definition) is 3. The van der Waals surface area contributed by atoms with Crippen molar-refractivity contribution in [2.24, 2.45) is 5.92 Å². The van der Waals surface area contributed by atoms with Crippen LogP contribution in [0, 0.1) is 5.92 Å². The third kappa shape index (κ3) is 7.34. The van der Waals surface area contributed by atoms with E-state index < -0.39 is 0 Å². The molecule has 0 fully saturated rings. The molecule has 0 aliphatic rings. The molecule has 0 heterocycles. The fraction of sp³-hybridized carbons (Fsp3) is 1.00. The van der Waals surface area contributed by atoms with Crippen molar-refractivity contribution in [2.45, 2.75) is 53.1 Å². The number of nitrogens with one attached hydrogen (secondary N) is 1. The van der Waals surface area contributed by atoms with E-state index in [1.54, 1.807) is 0 Å². The van der Waals surface area contributed by atoms with Gasteiger partial charge in [-0.2, -0.15) is 0 Å². The van der Waals surface area contributed by atoms with Crippen molar-refractivity contribution in [1.29, 1.82) is 0 Å². The van der Waals surface area contributed by atoms with E-state index in [0.29, 0.717) is 12.1 Å². The number of likely N-dealkylation sites (N-methyl/N-ethyl adjacent to an activating group) is 2.